The Balaban J connectivity index is 2.22. The van der Waals surface area contributed by atoms with Crippen LogP contribution in [-0.2, 0) is 9.59 Å². The average molecular weight is 359 g/mol. The van der Waals surface area contributed by atoms with Crippen LogP contribution in [0.25, 0.3) is 0 Å². The predicted molar refractivity (Wildman–Crippen MR) is 88.4 cm³/mol. The number of hydrogen-bond acceptors (Lipinski definition) is 2. The average Bonchev–Trinajstić information content (AvgIpc) is 2.64. The third-order valence-corrected chi connectivity index (χ3v) is 4.22. The summed E-state index contributed by atoms with van der Waals surface area (Å²) in [6.07, 6.45) is 0. The molecule has 3 rings (SSSR count). The minimum Gasteiger partial charge on any atom is -0.324 e. The molecule has 0 aliphatic carbocycles. The number of hydrogen-bond donors (Lipinski definition) is 1. The normalized spacial score (nSPS) is 17.5. The van der Waals surface area contributed by atoms with Crippen LogP contribution in [0.3, 0.4) is 0 Å². The molecule has 22 heavy (non-hydrogen) atoms. The molecule has 1 aliphatic heterocycles. The molecule has 2 aromatic carbocycles. The zero-order valence-electron chi connectivity index (χ0n) is 12.0. The second-order valence-corrected chi connectivity index (χ2v) is 6.16. The van der Waals surface area contributed by atoms with Crippen molar-refractivity contribution in [2.75, 3.05) is 11.9 Å². The van der Waals surface area contributed by atoms with E-state index in [-0.39, 0.29) is 24.4 Å². The Morgan fingerprint density at radius 1 is 1.23 bits per heavy atom. The number of rotatable bonds is 1. The Morgan fingerprint density at radius 3 is 2.64 bits per heavy atom. The van der Waals surface area contributed by atoms with Gasteiger partial charge in [0, 0.05) is 22.6 Å². The van der Waals surface area contributed by atoms with Crippen molar-refractivity contribution < 1.29 is 9.59 Å². The van der Waals surface area contributed by atoms with Crippen LogP contribution in [-0.4, -0.2) is 23.3 Å². The zero-order chi connectivity index (χ0) is 15.7. The van der Waals surface area contributed by atoms with Gasteiger partial charge >= 0.3 is 0 Å². The predicted octanol–water partition coefficient (Wildman–Crippen LogP) is 3.34. The summed E-state index contributed by atoms with van der Waals surface area (Å²) in [7, 11) is 0. The fourth-order valence-electron chi connectivity index (χ4n) is 2.77. The topological polar surface area (TPSA) is 49.4 Å². The van der Waals surface area contributed by atoms with Crippen molar-refractivity contribution >= 4 is 33.4 Å². The largest absolute Gasteiger partial charge is 0.324 e. The van der Waals surface area contributed by atoms with E-state index in [0.29, 0.717) is 0 Å². The van der Waals surface area contributed by atoms with Gasteiger partial charge in [0.2, 0.25) is 11.8 Å². The van der Waals surface area contributed by atoms with Crippen molar-refractivity contribution in [3.05, 3.63) is 64.1 Å². The molecule has 0 spiro atoms. The molecule has 0 bridgehead atoms. The molecular formula is C17H15BrN2O2. The number of carbonyl (C=O) groups excluding carboxylic acids is 2. The van der Waals surface area contributed by atoms with Gasteiger partial charge < -0.3 is 10.2 Å². The monoisotopic (exact) mass is 358 g/mol. The summed E-state index contributed by atoms with van der Waals surface area (Å²) in [6.45, 7) is 1.54. The molecule has 0 fully saturated rings. The first-order valence-electron chi connectivity index (χ1n) is 6.97. The first kappa shape index (κ1) is 14.8. The van der Waals surface area contributed by atoms with Gasteiger partial charge in [-0.1, -0.05) is 46.3 Å². The number of benzene rings is 2. The third-order valence-electron chi connectivity index (χ3n) is 3.73. The molecule has 0 unspecified atom stereocenters. The molecule has 0 saturated carbocycles. The molecule has 5 heteroatoms. The number of nitrogens with one attached hydrogen (secondary N) is 1. The van der Waals surface area contributed by atoms with Crippen LogP contribution in [0.4, 0.5) is 5.69 Å². The van der Waals surface area contributed by atoms with E-state index in [1.54, 1.807) is 4.90 Å². The van der Waals surface area contributed by atoms with E-state index < -0.39 is 0 Å². The maximum absolute atomic E-state index is 12.1. The zero-order valence-corrected chi connectivity index (χ0v) is 13.6. The lowest BCUT2D eigenvalue weighted by Crippen LogP contribution is -2.37. The lowest BCUT2D eigenvalue weighted by atomic mass is 9.96. The summed E-state index contributed by atoms with van der Waals surface area (Å²) < 4.78 is 0.909. The van der Waals surface area contributed by atoms with Crippen LogP contribution < -0.4 is 5.32 Å². The highest BCUT2D eigenvalue weighted by molar-refractivity contribution is 9.10. The minimum absolute atomic E-state index is 0.0429. The fraction of sp³-hybridized carbons (Fsp3) is 0.176. The van der Waals surface area contributed by atoms with E-state index in [1.165, 1.54) is 6.92 Å². The van der Waals surface area contributed by atoms with Gasteiger partial charge in [0.25, 0.3) is 0 Å². The van der Waals surface area contributed by atoms with Crippen LogP contribution in [0.2, 0.25) is 0 Å². The number of nitrogens with zero attached hydrogens (tertiary/aromatic N) is 1. The van der Waals surface area contributed by atoms with Gasteiger partial charge in [0.05, 0.1) is 6.04 Å². The van der Waals surface area contributed by atoms with Gasteiger partial charge in [-0.05, 0) is 23.8 Å². The van der Waals surface area contributed by atoms with Crippen LogP contribution >= 0.6 is 15.9 Å². The molecule has 1 heterocycles. The number of carbonyl (C=O) groups is 2. The van der Waals surface area contributed by atoms with E-state index in [2.05, 4.69) is 21.2 Å². The fourth-order valence-corrected chi connectivity index (χ4v) is 3.14. The van der Waals surface area contributed by atoms with Gasteiger partial charge in [0.15, 0.2) is 0 Å². The number of fused-ring (bicyclic) bond motifs is 1. The van der Waals surface area contributed by atoms with Crippen molar-refractivity contribution in [2.24, 2.45) is 0 Å². The van der Waals surface area contributed by atoms with Crippen molar-refractivity contribution in [3.8, 4) is 0 Å². The van der Waals surface area contributed by atoms with Gasteiger partial charge in [-0.2, -0.15) is 0 Å². The van der Waals surface area contributed by atoms with Crippen LogP contribution in [0.1, 0.15) is 24.1 Å². The van der Waals surface area contributed by atoms with Crippen LogP contribution in [0.5, 0.6) is 0 Å². The summed E-state index contributed by atoms with van der Waals surface area (Å²) >= 11 is 3.47. The van der Waals surface area contributed by atoms with Gasteiger partial charge in [-0.25, -0.2) is 0 Å². The molecule has 112 valence electrons. The number of halogens is 1. The molecule has 4 nitrogen and oxygen atoms in total. The van der Waals surface area contributed by atoms with E-state index in [4.69, 9.17) is 0 Å². The highest BCUT2D eigenvalue weighted by atomic mass is 79.9. The first-order valence-corrected chi connectivity index (χ1v) is 7.77. The lowest BCUT2D eigenvalue weighted by molar-refractivity contribution is -0.134. The Hall–Kier alpha value is -2.14. The van der Waals surface area contributed by atoms with Crippen LogP contribution in [0.15, 0.2) is 53.0 Å². The van der Waals surface area contributed by atoms with Gasteiger partial charge in [0.1, 0.15) is 6.54 Å². The second-order valence-electron chi connectivity index (χ2n) is 5.24. The van der Waals surface area contributed by atoms with Crippen molar-refractivity contribution in [2.45, 2.75) is 13.0 Å². The van der Waals surface area contributed by atoms with E-state index in [0.717, 1.165) is 21.3 Å². The molecule has 0 radical (unpaired) electrons. The Labute approximate surface area is 137 Å². The molecular weight excluding hydrogens is 344 g/mol. The summed E-state index contributed by atoms with van der Waals surface area (Å²) in [6, 6.07) is 15.2. The number of amides is 2. The Bertz CT molecular complexity index is 731. The Kier molecular flexibility index (Phi) is 3.98. The molecule has 1 aliphatic rings. The SMILES string of the molecule is CC(=O)N1CC(=O)Nc2ccc(Br)cc2[C@@H]1c1ccccc1. The smallest absolute Gasteiger partial charge is 0.244 e. The van der Waals surface area contributed by atoms with Crippen molar-refractivity contribution in [3.63, 3.8) is 0 Å². The van der Waals surface area contributed by atoms with E-state index in [9.17, 15) is 9.59 Å². The van der Waals surface area contributed by atoms with Gasteiger partial charge in [-0.15, -0.1) is 0 Å². The van der Waals surface area contributed by atoms with E-state index in [1.807, 2.05) is 48.5 Å². The third kappa shape index (κ3) is 2.76. The first-order chi connectivity index (χ1) is 10.6. The van der Waals surface area contributed by atoms with E-state index >= 15 is 0 Å². The quantitative estimate of drug-likeness (QED) is 0.849. The molecule has 1 atom stereocenters. The van der Waals surface area contributed by atoms with Crippen molar-refractivity contribution in [1.82, 2.24) is 4.90 Å². The minimum atomic E-state index is -0.287. The van der Waals surface area contributed by atoms with Crippen molar-refractivity contribution in [1.29, 1.82) is 0 Å². The lowest BCUT2D eigenvalue weighted by Gasteiger charge is -2.29. The second kappa shape index (κ2) is 5.93. The molecule has 2 aromatic rings. The molecule has 2 amide bonds. The van der Waals surface area contributed by atoms with Crippen LogP contribution in [0, 0.1) is 0 Å². The summed E-state index contributed by atoms with van der Waals surface area (Å²) in [5.74, 6) is -0.311. The molecule has 0 saturated heterocycles. The molecule has 0 aromatic heterocycles. The maximum atomic E-state index is 12.1. The van der Waals surface area contributed by atoms with Gasteiger partial charge in [-0.3, -0.25) is 9.59 Å². The summed E-state index contributed by atoms with van der Waals surface area (Å²) in [5.41, 5.74) is 2.63. The highest BCUT2D eigenvalue weighted by Gasteiger charge is 2.31. The maximum Gasteiger partial charge on any atom is 0.244 e. The standard InChI is InChI=1S/C17H15BrN2O2/c1-11(21)20-10-16(22)19-15-8-7-13(18)9-14(15)17(20)12-5-3-2-4-6-12/h2-9,17H,10H2,1H3,(H,19,22)/t17-/m0/s1. The summed E-state index contributed by atoms with van der Waals surface area (Å²) in [4.78, 5) is 25.8. The number of anilines is 1. The Morgan fingerprint density at radius 2 is 1.95 bits per heavy atom. The highest BCUT2D eigenvalue weighted by Crippen LogP contribution is 2.37. The molecule has 1 N–H and O–H groups in total. The summed E-state index contributed by atoms with van der Waals surface area (Å²) in [5, 5.41) is 2.88.